The maximum Gasteiger partial charge on any atom is 0.323 e. The molecule has 0 saturated carbocycles. The highest BCUT2D eigenvalue weighted by atomic mass is 16.4. The van der Waals surface area contributed by atoms with Gasteiger partial charge in [-0.05, 0) is 13.3 Å². The molecule has 1 N–H and O–H groups in total. The molecule has 0 saturated heterocycles. The number of nitrogens with zero attached hydrogens (tertiary/aromatic N) is 3. The van der Waals surface area contributed by atoms with Crippen LogP contribution in [0.5, 0.6) is 0 Å². The number of aliphatic carboxylic acids is 1. The number of rotatable bonds is 5. The lowest BCUT2D eigenvalue weighted by Crippen LogP contribution is -2.36. The molecular formula is C11H17N3O3. The van der Waals surface area contributed by atoms with Crippen LogP contribution in [-0.2, 0) is 11.8 Å². The van der Waals surface area contributed by atoms with E-state index in [1.165, 1.54) is 11.1 Å². The third-order valence-electron chi connectivity index (χ3n) is 2.57. The Kier molecular flexibility index (Phi) is 4.25. The molecule has 0 aromatic carbocycles. The molecule has 6 nitrogen and oxygen atoms in total. The molecule has 94 valence electrons. The Balaban J connectivity index is 2.91. The van der Waals surface area contributed by atoms with Gasteiger partial charge in [0, 0.05) is 19.3 Å². The summed E-state index contributed by atoms with van der Waals surface area (Å²) in [6.45, 7) is 3.84. The average molecular weight is 239 g/mol. The molecule has 0 fully saturated rings. The van der Waals surface area contributed by atoms with Gasteiger partial charge in [-0.15, -0.1) is 0 Å². The van der Waals surface area contributed by atoms with E-state index >= 15 is 0 Å². The number of hydrogen-bond acceptors (Lipinski definition) is 3. The van der Waals surface area contributed by atoms with Crippen LogP contribution in [0.2, 0.25) is 0 Å². The molecule has 1 aromatic heterocycles. The summed E-state index contributed by atoms with van der Waals surface area (Å²) < 4.78 is 1.60. The third-order valence-corrected chi connectivity index (χ3v) is 2.57. The Morgan fingerprint density at radius 1 is 1.53 bits per heavy atom. The summed E-state index contributed by atoms with van der Waals surface area (Å²) in [5, 5.41) is 12.7. The predicted octanol–water partition coefficient (Wildman–Crippen LogP) is 0.665. The van der Waals surface area contributed by atoms with Gasteiger partial charge in [0.25, 0.3) is 5.91 Å². The van der Waals surface area contributed by atoms with Crippen molar-refractivity contribution in [2.75, 3.05) is 13.1 Å². The maximum atomic E-state index is 12.1. The highest BCUT2D eigenvalue weighted by Gasteiger charge is 2.21. The molecule has 0 bridgehead atoms. The number of aryl methyl sites for hydroxylation is 1. The number of amides is 1. The van der Waals surface area contributed by atoms with Crippen molar-refractivity contribution in [2.45, 2.75) is 20.3 Å². The second kappa shape index (κ2) is 5.47. The Morgan fingerprint density at radius 3 is 2.59 bits per heavy atom. The van der Waals surface area contributed by atoms with Crippen LogP contribution in [0.1, 0.15) is 29.4 Å². The molecule has 0 aliphatic rings. The Bertz CT molecular complexity index is 426. The molecule has 0 unspecified atom stereocenters. The van der Waals surface area contributed by atoms with Gasteiger partial charge in [0.1, 0.15) is 6.54 Å². The molecule has 1 amide bonds. The Labute approximate surface area is 99.8 Å². The quantitative estimate of drug-likeness (QED) is 0.819. The minimum absolute atomic E-state index is 0.277. The lowest BCUT2D eigenvalue weighted by atomic mass is 10.2. The minimum Gasteiger partial charge on any atom is -0.480 e. The van der Waals surface area contributed by atoms with Gasteiger partial charge in [-0.25, -0.2) is 0 Å². The molecule has 1 heterocycles. The molecule has 1 rings (SSSR count). The first-order valence-corrected chi connectivity index (χ1v) is 5.47. The fraction of sp³-hybridized carbons (Fsp3) is 0.545. The van der Waals surface area contributed by atoms with Crippen molar-refractivity contribution in [1.29, 1.82) is 0 Å². The van der Waals surface area contributed by atoms with Gasteiger partial charge in [0.2, 0.25) is 0 Å². The summed E-state index contributed by atoms with van der Waals surface area (Å²) in [6.07, 6.45) is 2.19. The first-order valence-electron chi connectivity index (χ1n) is 5.47. The van der Waals surface area contributed by atoms with Gasteiger partial charge in [0.05, 0.1) is 11.8 Å². The van der Waals surface area contributed by atoms with Crippen LogP contribution in [0.3, 0.4) is 0 Å². The fourth-order valence-corrected chi connectivity index (χ4v) is 1.56. The molecule has 6 heteroatoms. The van der Waals surface area contributed by atoms with E-state index in [4.69, 9.17) is 5.11 Å². The molecule has 0 radical (unpaired) electrons. The zero-order valence-electron chi connectivity index (χ0n) is 10.3. The predicted molar refractivity (Wildman–Crippen MR) is 61.8 cm³/mol. The van der Waals surface area contributed by atoms with Crippen LogP contribution in [0.15, 0.2) is 6.20 Å². The molecule has 0 atom stereocenters. The standard InChI is InChI=1S/C11H17N3O3/c1-4-5-14(7-10(15)16)11(17)9-6-12-13(3)8(9)2/h6H,4-5,7H2,1-3H3,(H,15,16). The lowest BCUT2D eigenvalue weighted by Gasteiger charge is -2.19. The molecule has 0 aliphatic carbocycles. The van der Waals surface area contributed by atoms with Gasteiger partial charge in [-0.2, -0.15) is 5.10 Å². The van der Waals surface area contributed by atoms with Crippen molar-refractivity contribution in [1.82, 2.24) is 14.7 Å². The molecule has 0 aliphatic heterocycles. The van der Waals surface area contributed by atoms with Crippen molar-refractivity contribution in [2.24, 2.45) is 7.05 Å². The van der Waals surface area contributed by atoms with E-state index in [9.17, 15) is 9.59 Å². The molecule has 1 aromatic rings. The molecule has 17 heavy (non-hydrogen) atoms. The number of carbonyl (C=O) groups excluding carboxylic acids is 1. The van der Waals surface area contributed by atoms with Crippen LogP contribution >= 0.6 is 0 Å². The van der Waals surface area contributed by atoms with Gasteiger partial charge in [0.15, 0.2) is 0 Å². The lowest BCUT2D eigenvalue weighted by molar-refractivity contribution is -0.137. The van der Waals surface area contributed by atoms with E-state index in [0.717, 1.165) is 12.1 Å². The SMILES string of the molecule is CCCN(CC(=O)O)C(=O)c1cnn(C)c1C. The number of aromatic nitrogens is 2. The summed E-state index contributed by atoms with van der Waals surface area (Å²) in [5.74, 6) is -1.28. The average Bonchev–Trinajstić information content (AvgIpc) is 2.58. The van der Waals surface area contributed by atoms with E-state index in [2.05, 4.69) is 5.10 Å². The molecule has 0 spiro atoms. The largest absolute Gasteiger partial charge is 0.480 e. The normalized spacial score (nSPS) is 10.3. The van der Waals surface area contributed by atoms with Crippen molar-refractivity contribution < 1.29 is 14.7 Å². The Morgan fingerprint density at radius 2 is 2.18 bits per heavy atom. The van der Waals surface area contributed by atoms with Crippen molar-refractivity contribution in [3.63, 3.8) is 0 Å². The summed E-state index contributed by atoms with van der Waals surface area (Å²) in [7, 11) is 1.74. The first kappa shape index (κ1) is 13.2. The summed E-state index contributed by atoms with van der Waals surface area (Å²) in [4.78, 5) is 24.1. The van der Waals surface area contributed by atoms with Crippen LogP contribution in [0.4, 0.5) is 0 Å². The minimum atomic E-state index is -1.01. The number of carbonyl (C=O) groups is 2. The Hall–Kier alpha value is -1.85. The van der Waals surface area contributed by atoms with Crippen molar-refractivity contribution in [3.8, 4) is 0 Å². The number of carboxylic acids is 1. The molecular weight excluding hydrogens is 222 g/mol. The van der Waals surface area contributed by atoms with E-state index in [1.807, 2.05) is 6.92 Å². The van der Waals surface area contributed by atoms with E-state index in [1.54, 1.807) is 18.7 Å². The van der Waals surface area contributed by atoms with Crippen molar-refractivity contribution in [3.05, 3.63) is 17.5 Å². The van der Waals surface area contributed by atoms with Crippen LogP contribution in [0.25, 0.3) is 0 Å². The van der Waals surface area contributed by atoms with Gasteiger partial charge in [-0.1, -0.05) is 6.92 Å². The fourth-order valence-electron chi connectivity index (χ4n) is 1.56. The van der Waals surface area contributed by atoms with E-state index in [0.29, 0.717) is 12.1 Å². The topological polar surface area (TPSA) is 75.4 Å². The third kappa shape index (κ3) is 3.05. The highest BCUT2D eigenvalue weighted by molar-refractivity contribution is 5.96. The highest BCUT2D eigenvalue weighted by Crippen LogP contribution is 2.10. The zero-order valence-corrected chi connectivity index (χ0v) is 10.3. The van der Waals surface area contributed by atoms with Gasteiger partial charge >= 0.3 is 5.97 Å². The van der Waals surface area contributed by atoms with Crippen LogP contribution < -0.4 is 0 Å². The van der Waals surface area contributed by atoms with E-state index < -0.39 is 5.97 Å². The number of hydrogen-bond donors (Lipinski definition) is 1. The smallest absolute Gasteiger partial charge is 0.323 e. The van der Waals surface area contributed by atoms with Crippen LogP contribution in [0, 0.1) is 6.92 Å². The van der Waals surface area contributed by atoms with Gasteiger partial charge in [-0.3, -0.25) is 14.3 Å². The summed E-state index contributed by atoms with van der Waals surface area (Å²) >= 11 is 0. The maximum absolute atomic E-state index is 12.1. The van der Waals surface area contributed by atoms with E-state index in [-0.39, 0.29) is 12.5 Å². The summed E-state index contributed by atoms with van der Waals surface area (Å²) in [5.41, 5.74) is 1.20. The second-order valence-corrected chi connectivity index (χ2v) is 3.89. The second-order valence-electron chi connectivity index (χ2n) is 3.89. The zero-order chi connectivity index (χ0) is 13.0. The van der Waals surface area contributed by atoms with Gasteiger partial charge < -0.3 is 10.0 Å². The van der Waals surface area contributed by atoms with Crippen molar-refractivity contribution >= 4 is 11.9 Å². The first-order chi connectivity index (χ1) is 7.97. The monoisotopic (exact) mass is 239 g/mol. The summed E-state index contributed by atoms with van der Waals surface area (Å²) in [6, 6.07) is 0. The van der Waals surface area contributed by atoms with Crippen LogP contribution in [-0.4, -0.2) is 44.8 Å². The number of carboxylic acid groups (broad SMARTS) is 1.